The van der Waals surface area contributed by atoms with E-state index in [4.69, 9.17) is 16.3 Å². The maximum atomic E-state index is 12.3. The highest BCUT2D eigenvalue weighted by atomic mass is 35.5. The van der Waals surface area contributed by atoms with Crippen LogP contribution in [0.2, 0.25) is 0 Å². The molecule has 0 bridgehead atoms. The van der Waals surface area contributed by atoms with Crippen LogP contribution >= 0.6 is 11.6 Å². The lowest BCUT2D eigenvalue weighted by atomic mass is 10.1. The highest BCUT2D eigenvalue weighted by Crippen LogP contribution is 2.20. The van der Waals surface area contributed by atoms with Crippen molar-refractivity contribution in [2.24, 2.45) is 0 Å². The van der Waals surface area contributed by atoms with Gasteiger partial charge in [-0.1, -0.05) is 36.4 Å². The van der Waals surface area contributed by atoms with Crippen molar-refractivity contribution in [3.05, 3.63) is 59.7 Å². The molecule has 0 aliphatic rings. The Morgan fingerprint density at radius 3 is 2.29 bits per heavy atom. The number of hydrogen-bond acceptors (Lipinski definition) is 2. The Balaban J connectivity index is 2.10. The molecule has 2 rings (SSSR count). The minimum Gasteiger partial charge on any atom is -0.479 e. The lowest BCUT2D eigenvalue weighted by Crippen LogP contribution is -2.34. The molecule has 21 heavy (non-hydrogen) atoms. The highest BCUT2D eigenvalue weighted by Gasteiger charge is 2.20. The average molecular weight is 304 g/mol. The summed E-state index contributed by atoms with van der Waals surface area (Å²) in [6.07, 6.45) is -0.729. The van der Waals surface area contributed by atoms with Crippen LogP contribution in [0.3, 0.4) is 0 Å². The molecule has 0 saturated carbocycles. The molecule has 1 unspecified atom stereocenters. The second-order valence-corrected chi connectivity index (χ2v) is 5.14. The Bertz CT molecular complexity index is 593. The van der Waals surface area contributed by atoms with Crippen LogP contribution in [0.4, 0.5) is 5.69 Å². The van der Waals surface area contributed by atoms with Crippen molar-refractivity contribution in [2.45, 2.75) is 20.0 Å². The molecule has 4 heteroatoms. The van der Waals surface area contributed by atoms with Crippen LogP contribution < -0.4 is 10.1 Å². The van der Waals surface area contributed by atoms with Gasteiger partial charge >= 0.3 is 0 Å². The van der Waals surface area contributed by atoms with Crippen LogP contribution in [0.1, 0.15) is 11.1 Å². The first kappa shape index (κ1) is 15.4. The number of benzene rings is 2. The molecule has 110 valence electrons. The molecule has 0 heterocycles. The normalized spacial score (nSPS) is 11.8. The summed E-state index contributed by atoms with van der Waals surface area (Å²) in [5.74, 6) is 0.470. The maximum absolute atomic E-state index is 12.3. The zero-order valence-corrected chi connectivity index (χ0v) is 12.9. The van der Waals surface area contributed by atoms with E-state index in [-0.39, 0.29) is 11.8 Å². The van der Waals surface area contributed by atoms with Crippen molar-refractivity contribution in [3.63, 3.8) is 0 Å². The Kier molecular flexibility index (Phi) is 5.23. The number of carbonyl (C=O) groups excluding carboxylic acids is 1. The van der Waals surface area contributed by atoms with Crippen LogP contribution in [0.15, 0.2) is 48.5 Å². The third-order valence-electron chi connectivity index (χ3n) is 3.18. The van der Waals surface area contributed by atoms with Crippen molar-refractivity contribution in [3.8, 4) is 5.75 Å². The highest BCUT2D eigenvalue weighted by molar-refractivity contribution is 6.20. The van der Waals surface area contributed by atoms with Crippen molar-refractivity contribution in [2.75, 3.05) is 11.2 Å². The first-order valence-corrected chi connectivity index (χ1v) is 7.30. The summed E-state index contributed by atoms with van der Waals surface area (Å²) in [5.41, 5.74) is 2.84. The van der Waals surface area contributed by atoms with Crippen LogP contribution in [-0.2, 0) is 4.79 Å². The minimum atomic E-state index is -0.729. The number of nitrogens with one attached hydrogen (secondary N) is 1. The van der Waals surface area contributed by atoms with Gasteiger partial charge in [0.1, 0.15) is 5.75 Å². The molecule has 0 saturated heterocycles. The number of aryl methyl sites for hydroxylation is 2. The molecule has 0 spiro atoms. The zero-order chi connectivity index (χ0) is 15.2. The molecule has 0 radical (unpaired) electrons. The monoisotopic (exact) mass is 303 g/mol. The summed E-state index contributed by atoms with van der Waals surface area (Å²) < 4.78 is 5.63. The standard InChI is InChI=1S/C17H18ClNO2/c1-12-7-6-8-13(2)16(12)19-17(20)15(11-18)21-14-9-4-3-5-10-14/h3-10,15H,11H2,1-2H3,(H,19,20). The van der Waals surface area contributed by atoms with Crippen LogP contribution in [0.5, 0.6) is 5.75 Å². The van der Waals surface area contributed by atoms with Gasteiger partial charge in [-0.15, -0.1) is 11.6 Å². The topological polar surface area (TPSA) is 38.3 Å². The fourth-order valence-corrected chi connectivity index (χ4v) is 2.24. The predicted molar refractivity (Wildman–Crippen MR) is 86.1 cm³/mol. The van der Waals surface area contributed by atoms with Gasteiger partial charge in [0.15, 0.2) is 6.10 Å². The summed E-state index contributed by atoms with van der Waals surface area (Å²) in [7, 11) is 0. The van der Waals surface area contributed by atoms with Crippen molar-refractivity contribution >= 4 is 23.2 Å². The fraction of sp³-hybridized carbons (Fsp3) is 0.235. The second kappa shape index (κ2) is 7.14. The summed E-state index contributed by atoms with van der Waals surface area (Å²) in [6, 6.07) is 15.1. The molecule has 1 amide bonds. The average Bonchev–Trinajstić information content (AvgIpc) is 2.49. The van der Waals surface area contributed by atoms with Gasteiger partial charge in [0, 0.05) is 5.69 Å². The summed E-state index contributed by atoms with van der Waals surface area (Å²) in [6.45, 7) is 3.91. The zero-order valence-electron chi connectivity index (χ0n) is 12.1. The molecule has 0 aromatic heterocycles. The number of carbonyl (C=O) groups is 1. The van der Waals surface area contributed by atoms with Crippen molar-refractivity contribution in [1.29, 1.82) is 0 Å². The Morgan fingerprint density at radius 1 is 1.10 bits per heavy atom. The number of para-hydroxylation sites is 2. The Labute approximate surface area is 129 Å². The van der Waals surface area contributed by atoms with Gasteiger partial charge in [0.2, 0.25) is 0 Å². The molecule has 2 aromatic rings. The fourth-order valence-electron chi connectivity index (χ4n) is 2.03. The molecule has 2 aromatic carbocycles. The lowest BCUT2D eigenvalue weighted by molar-refractivity contribution is -0.121. The molecule has 1 atom stereocenters. The molecule has 0 aliphatic carbocycles. The van der Waals surface area contributed by atoms with E-state index in [0.717, 1.165) is 16.8 Å². The van der Waals surface area contributed by atoms with Gasteiger partial charge < -0.3 is 10.1 Å². The lowest BCUT2D eigenvalue weighted by Gasteiger charge is -2.18. The number of halogens is 1. The molecule has 0 fully saturated rings. The molecule has 0 aliphatic heterocycles. The first-order chi connectivity index (χ1) is 10.1. The quantitative estimate of drug-likeness (QED) is 0.850. The predicted octanol–water partition coefficient (Wildman–Crippen LogP) is 3.93. The van der Waals surface area contributed by atoms with E-state index in [0.29, 0.717) is 5.75 Å². The number of amides is 1. The number of alkyl halides is 1. The number of anilines is 1. The molecule has 3 nitrogen and oxygen atoms in total. The van der Waals surface area contributed by atoms with Gasteiger partial charge in [-0.3, -0.25) is 4.79 Å². The van der Waals surface area contributed by atoms with E-state index in [1.54, 1.807) is 12.1 Å². The number of hydrogen-bond donors (Lipinski definition) is 1. The first-order valence-electron chi connectivity index (χ1n) is 6.76. The molecular weight excluding hydrogens is 286 g/mol. The summed E-state index contributed by atoms with van der Waals surface area (Å²) >= 11 is 5.87. The van der Waals surface area contributed by atoms with Crippen molar-refractivity contribution < 1.29 is 9.53 Å². The van der Waals surface area contributed by atoms with Crippen LogP contribution in [0.25, 0.3) is 0 Å². The third-order valence-corrected chi connectivity index (χ3v) is 3.46. The minimum absolute atomic E-state index is 0.0889. The van der Waals surface area contributed by atoms with E-state index < -0.39 is 6.10 Å². The van der Waals surface area contributed by atoms with Gasteiger partial charge in [-0.25, -0.2) is 0 Å². The second-order valence-electron chi connectivity index (χ2n) is 4.83. The van der Waals surface area contributed by atoms with Gasteiger partial charge in [-0.2, -0.15) is 0 Å². The largest absolute Gasteiger partial charge is 0.479 e. The van der Waals surface area contributed by atoms with Gasteiger partial charge in [-0.05, 0) is 37.1 Å². The van der Waals surface area contributed by atoms with E-state index in [1.807, 2.05) is 50.2 Å². The summed E-state index contributed by atoms with van der Waals surface area (Å²) in [4.78, 5) is 12.3. The molecule has 1 N–H and O–H groups in total. The van der Waals surface area contributed by atoms with E-state index in [9.17, 15) is 4.79 Å². The SMILES string of the molecule is Cc1cccc(C)c1NC(=O)C(CCl)Oc1ccccc1. The maximum Gasteiger partial charge on any atom is 0.266 e. The van der Waals surface area contributed by atoms with Crippen LogP contribution in [-0.4, -0.2) is 17.9 Å². The smallest absolute Gasteiger partial charge is 0.266 e. The van der Waals surface area contributed by atoms with Crippen LogP contribution in [0, 0.1) is 13.8 Å². The van der Waals surface area contributed by atoms with E-state index in [2.05, 4.69) is 5.32 Å². The molecular formula is C17H18ClNO2. The summed E-state index contributed by atoms with van der Waals surface area (Å²) in [5, 5.41) is 2.90. The van der Waals surface area contributed by atoms with E-state index >= 15 is 0 Å². The number of ether oxygens (including phenoxy) is 1. The van der Waals surface area contributed by atoms with Crippen molar-refractivity contribution in [1.82, 2.24) is 0 Å². The third kappa shape index (κ3) is 3.99. The Morgan fingerprint density at radius 2 is 1.71 bits per heavy atom. The van der Waals surface area contributed by atoms with Gasteiger partial charge in [0.25, 0.3) is 5.91 Å². The number of rotatable bonds is 5. The van der Waals surface area contributed by atoms with E-state index in [1.165, 1.54) is 0 Å². The Hall–Kier alpha value is -2.00. The van der Waals surface area contributed by atoms with Gasteiger partial charge in [0.05, 0.1) is 5.88 Å².